The summed E-state index contributed by atoms with van der Waals surface area (Å²) in [5.74, 6) is -0.174. The minimum atomic E-state index is -1.37. The van der Waals surface area contributed by atoms with Crippen molar-refractivity contribution >= 4 is 29.6 Å². The van der Waals surface area contributed by atoms with Gasteiger partial charge in [-0.2, -0.15) is 5.26 Å². The van der Waals surface area contributed by atoms with Gasteiger partial charge in [-0.15, -0.1) is 11.8 Å². The molecule has 1 N–H and O–H groups in total. The van der Waals surface area contributed by atoms with Crippen molar-refractivity contribution in [2.75, 3.05) is 47.4 Å². The van der Waals surface area contributed by atoms with Crippen molar-refractivity contribution in [2.45, 2.75) is 186 Å². The summed E-state index contributed by atoms with van der Waals surface area (Å²) in [7, 11) is 6.42. The molecule has 8 rings (SSSR count). The zero-order valence-corrected chi connectivity index (χ0v) is 55.1. The van der Waals surface area contributed by atoms with Crippen LogP contribution in [-0.2, 0) is 102 Å². The van der Waals surface area contributed by atoms with Crippen molar-refractivity contribution in [3.8, 4) is 29.1 Å². The zero-order valence-electron chi connectivity index (χ0n) is 54.3. The van der Waals surface area contributed by atoms with Crippen LogP contribution in [0.25, 0.3) is 0 Å². The maximum Gasteiger partial charge on any atom is 0.302 e. The highest BCUT2D eigenvalue weighted by atomic mass is 32.2. The number of carbonyl (C=O) groups excluding carboxylic acids is 3. The fourth-order valence-corrected chi connectivity index (χ4v) is 12.5. The number of nitrogens with zero attached hydrogens (tertiary/aromatic N) is 1. The van der Waals surface area contributed by atoms with E-state index in [2.05, 4.69) is 11.4 Å². The summed E-state index contributed by atoms with van der Waals surface area (Å²) >= 11 is 1.11. The number of benzene rings is 4. The summed E-state index contributed by atoms with van der Waals surface area (Å²) in [6.07, 6.45) is -13.3. The van der Waals surface area contributed by atoms with Crippen molar-refractivity contribution in [1.82, 2.24) is 5.32 Å². The van der Waals surface area contributed by atoms with Crippen LogP contribution >= 0.6 is 11.8 Å². The smallest absolute Gasteiger partial charge is 0.302 e. The third kappa shape index (κ3) is 19.0. The lowest BCUT2D eigenvalue weighted by molar-refractivity contribution is -0.378. The Morgan fingerprint density at radius 1 is 0.451 bits per heavy atom. The normalized spacial score (nSPS) is 31.5. The number of methoxy groups -OCH3 is 4. The second-order valence-corrected chi connectivity index (χ2v) is 24.6. The lowest BCUT2D eigenvalue weighted by Crippen LogP contribution is -2.68. The molecule has 4 aliphatic heterocycles. The molecule has 0 radical (unpaired) electrons. The molecule has 0 aliphatic carbocycles. The van der Waals surface area contributed by atoms with Gasteiger partial charge in [-0.25, -0.2) is 0 Å². The zero-order chi connectivity index (χ0) is 65.3. The molecule has 0 bridgehead atoms. The van der Waals surface area contributed by atoms with Crippen molar-refractivity contribution in [3.05, 3.63) is 119 Å². The molecule has 22 nitrogen and oxygen atoms in total. The third-order valence-corrected chi connectivity index (χ3v) is 18.4. The van der Waals surface area contributed by atoms with Crippen molar-refractivity contribution in [3.63, 3.8) is 0 Å². The van der Waals surface area contributed by atoms with Gasteiger partial charge in [-0.1, -0.05) is 76.2 Å². The van der Waals surface area contributed by atoms with Crippen LogP contribution in [0.1, 0.15) is 84.6 Å². The first-order valence-corrected chi connectivity index (χ1v) is 31.9. The predicted octanol–water partition coefficient (Wildman–Crippen LogP) is 8.89. The van der Waals surface area contributed by atoms with Gasteiger partial charge in [-0.05, 0) is 96.5 Å². The molecule has 4 aromatic carbocycles. The van der Waals surface area contributed by atoms with Crippen LogP contribution in [0, 0.1) is 35.0 Å². The molecule has 91 heavy (non-hydrogen) atoms. The van der Waals surface area contributed by atoms with Gasteiger partial charge in [0.1, 0.15) is 78.3 Å². The van der Waals surface area contributed by atoms with Crippen molar-refractivity contribution < 1.29 is 94.9 Å². The average Bonchev–Trinajstić information content (AvgIpc) is 0.854. The topological polar surface area (TPSA) is 244 Å². The number of amides is 1. The Kier molecular flexibility index (Phi) is 26.6. The Bertz CT molecular complexity index is 2940. The van der Waals surface area contributed by atoms with E-state index in [9.17, 15) is 19.6 Å². The van der Waals surface area contributed by atoms with E-state index in [4.69, 9.17) is 80.5 Å². The van der Waals surface area contributed by atoms with Crippen molar-refractivity contribution in [1.29, 1.82) is 5.26 Å². The van der Waals surface area contributed by atoms with Crippen LogP contribution in [0.2, 0.25) is 0 Å². The molecule has 0 spiro atoms. The van der Waals surface area contributed by atoms with Crippen LogP contribution in [-0.4, -0.2) is 163 Å². The van der Waals surface area contributed by atoms with E-state index in [0.29, 0.717) is 23.0 Å². The third-order valence-electron chi connectivity index (χ3n) is 17.4. The number of esters is 2. The summed E-state index contributed by atoms with van der Waals surface area (Å²) in [4.78, 5) is 39.1. The number of thioether (sulfide) groups is 1. The molecule has 23 heteroatoms. The fourth-order valence-electron chi connectivity index (χ4n) is 11.6. The summed E-state index contributed by atoms with van der Waals surface area (Å²) in [6, 6.07) is 31.3. The Hall–Kier alpha value is -6.11. The van der Waals surface area contributed by atoms with E-state index >= 15 is 0 Å². The lowest BCUT2D eigenvalue weighted by Gasteiger charge is -2.52. The van der Waals surface area contributed by atoms with Crippen LogP contribution in [0.5, 0.6) is 23.0 Å². The monoisotopic (exact) mass is 1290 g/mol. The SMILES string of the molecule is COc1ccc(COC2C(OCc3ccc(OC)cc3)[C@H](C)C(C)O[C@H]2OC2C(C)[C@@H](C)C(COC(C)=O)O[C@H]2OC2C(NC(C)=O)[C@H](SCC#N)OC(COC(C)=O)[C@H]2O[C@@H]2OC(C)[C@@H](C)C(OCc3ccc(OC)cc3)[C@@H]2OCc2ccc(OC)cc2)cc1. The molecule has 11 unspecified atom stereocenters. The Balaban J connectivity index is 1.21. The molecule has 1 amide bonds. The van der Waals surface area contributed by atoms with Gasteiger partial charge in [0.25, 0.3) is 0 Å². The van der Waals surface area contributed by atoms with Crippen LogP contribution in [0.3, 0.4) is 0 Å². The molecule has 20 atom stereocenters. The minimum absolute atomic E-state index is 0.0746. The van der Waals surface area contributed by atoms with Gasteiger partial charge >= 0.3 is 11.9 Å². The number of rotatable bonds is 29. The lowest BCUT2D eigenvalue weighted by atomic mass is 9.83. The minimum Gasteiger partial charge on any atom is -0.497 e. The van der Waals surface area contributed by atoms with E-state index in [-0.39, 0.29) is 63.1 Å². The Labute approximate surface area is 538 Å². The average molecular weight is 1290 g/mol. The molecule has 4 saturated heterocycles. The molecule has 498 valence electrons. The van der Waals surface area contributed by atoms with E-state index in [1.165, 1.54) is 20.8 Å². The molecule has 4 fully saturated rings. The van der Waals surface area contributed by atoms with Crippen LogP contribution in [0.4, 0.5) is 0 Å². The van der Waals surface area contributed by atoms with Gasteiger partial charge in [0.05, 0.1) is 103 Å². The number of ether oxygens (including phenoxy) is 17. The van der Waals surface area contributed by atoms with E-state index in [0.717, 1.165) is 34.0 Å². The molecule has 0 saturated carbocycles. The second-order valence-electron chi connectivity index (χ2n) is 23.5. The molecular formula is C68H90N2O20S. The van der Waals surface area contributed by atoms with Gasteiger partial charge in [0.15, 0.2) is 18.9 Å². The number of nitriles is 1. The Morgan fingerprint density at radius 2 is 0.813 bits per heavy atom. The van der Waals surface area contributed by atoms with E-state index in [1.54, 1.807) is 28.4 Å². The molecular weight excluding hydrogens is 1200 g/mol. The van der Waals surface area contributed by atoms with Crippen LogP contribution in [0.15, 0.2) is 97.1 Å². The number of nitrogens with one attached hydrogen (secondary N) is 1. The highest BCUT2D eigenvalue weighted by Gasteiger charge is 2.56. The summed E-state index contributed by atoms with van der Waals surface area (Å²) in [5, 5.41) is 13.1. The van der Waals surface area contributed by atoms with E-state index in [1.807, 2.05) is 139 Å². The van der Waals surface area contributed by atoms with Crippen molar-refractivity contribution in [2.24, 2.45) is 23.7 Å². The quantitative estimate of drug-likeness (QED) is 0.0499. The van der Waals surface area contributed by atoms with E-state index < -0.39 is 121 Å². The first-order chi connectivity index (χ1) is 43.8. The number of hydrogen-bond acceptors (Lipinski definition) is 22. The standard InChI is InChI=1S/C68H90N2O20S/c1-38-39(2)60(88-66-63(82-34-49-18-26-53(76-12)27-19-49)58(40(3)42(5)84-66)80-32-47-14-22-51(74-10)23-15-47)65(86-55(38)36-78-45(8)72)90-62-57(70-44(7)71)68(91-31-30-69)87-56(37-79-46(9)73)61(62)89-67-64(83-35-50-20-28-54(77-13)29-21-50)59(41(4)43(6)85-67)81-33-48-16-24-52(75-11)25-17-48/h14-29,38-43,55-68H,31-37H2,1-13H3,(H,70,71)/t38-,39?,40-,41-,42?,43?,55?,56?,57?,58?,59?,60?,61-,62?,63?,64+,65+,66+,67+,68+/m1/s1. The van der Waals surface area contributed by atoms with Gasteiger partial charge in [0.2, 0.25) is 5.91 Å². The molecule has 4 aromatic rings. The van der Waals surface area contributed by atoms with Gasteiger partial charge in [-0.3, -0.25) is 14.4 Å². The maximum absolute atomic E-state index is 13.7. The number of hydrogen-bond donors (Lipinski definition) is 1. The first kappa shape index (κ1) is 70.8. The molecule has 4 heterocycles. The summed E-state index contributed by atoms with van der Waals surface area (Å²) in [5.41, 5.74) is 2.44. The molecule has 4 aliphatic rings. The van der Waals surface area contributed by atoms with Gasteiger partial charge < -0.3 is 85.8 Å². The fraction of sp³-hybridized carbons (Fsp3) is 0.588. The molecule has 0 aromatic heterocycles. The Morgan fingerprint density at radius 3 is 1.19 bits per heavy atom. The largest absolute Gasteiger partial charge is 0.497 e. The maximum atomic E-state index is 13.7. The predicted molar refractivity (Wildman–Crippen MR) is 332 cm³/mol. The van der Waals surface area contributed by atoms with Gasteiger partial charge in [0, 0.05) is 32.6 Å². The highest BCUT2D eigenvalue weighted by molar-refractivity contribution is 8.00. The highest BCUT2D eigenvalue weighted by Crippen LogP contribution is 2.43. The second kappa shape index (κ2) is 34.2. The first-order valence-electron chi connectivity index (χ1n) is 30.9. The summed E-state index contributed by atoms with van der Waals surface area (Å²) < 4.78 is 111. The number of carbonyl (C=O) groups is 3. The summed E-state index contributed by atoms with van der Waals surface area (Å²) in [6.45, 7) is 16.0. The van der Waals surface area contributed by atoms with Crippen LogP contribution < -0.4 is 24.3 Å².